The highest BCUT2D eigenvalue weighted by atomic mass is 19.1. The molecule has 8 heteroatoms. The Labute approximate surface area is 167 Å². The normalized spacial score (nSPS) is 10.3. The van der Waals surface area contributed by atoms with E-state index in [1.807, 2.05) is 0 Å². The summed E-state index contributed by atoms with van der Waals surface area (Å²) in [4.78, 5) is 32.5. The fraction of sp³-hybridized carbons (Fsp3) is 0.143. The third kappa shape index (κ3) is 5.35. The van der Waals surface area contributed by atoms with Crippen LogP contribution in [0.4, 0.5) is 15.9 Å². The van der Waals surface area contributed by atoms with Crippen molar-refractivity contribution >= 4 is 23.4 Å². The van der Waals surface area contributed by atoms with E-state index in [9.17, 15) is 14.0 Å². The highest BCUT2D eigenvalue weighted by molar-refractivity contribution is 5.97. The van der Waals surface area contributed by atoms with Gasteiger partial charge < -0.3 is 15.4 Å². The van der Waals surface area contributed by atoms with E-state index >= 15 is 0 Å². The summed E-state index contributed by atoms with van der Waals surface area (Å²) in [6, 6.07) is 14.2. The van der Waals surface area contributed by atoms with E-state index in [0.29, 0.717) is 17.1 Å². The first kappa shape index (κ1) is 19.9. The Morgan fingerprint density at radius 1 is 1.07 bits per heavy atom. The number of amides is 1. The van der Waals surface area contributed by atoms with Gasteiger partial charge in [-0.2, -0.15) is 0 Å². The molecule has 0 atom stereocenters. The lowest BCUT2D eigenvalue weighted by Crippen LogP contribution is -2.24. The summed E-state index contributed by atoms with van der Waals surface area (Å²) >= 11 is 0. The summed E-state index contributed by atoms with van der Waals surface area (Å²) in [5.41, 5.74) is 1.77. The predicted octanol–water partition coefficient (Wildman–Crippen LogP) is 3.47. The predicted molar refractivity (Wildman–Crippen MR) is 105 cm³/mol. The van der Waals surface area contributed by atoms with E-state index in [-0.39, 0.29) is 24.7 Å². The van der Waals surface area contributed by atoms with Crippen molar-refractivity contribution in [3.8, 4) is 0 Å². The van der Waals surface area contributed by atoms with Gasteiger partial charge in [-0.15, -0.1) is 0 Å². The van der Waals surface area contributed by atoms with Crippen LogP contribution in [0.3, 0.4) is 0 Å². The highest BCUT2D eigenvalue weighted by Crippen LogP contribution is 2.20. The zero-order chi connectivity index (χ0) is 20.6. The number of benzene rings is 2. The highest BCUT2D eigenvalue weighted by Gasteiger charge is 2.14. The minimum absolute atomic E-state index is 0.151. The van der Waals surface area contributed by atoms with Crippen molar-refractivity contribution in [3.05, 3.63) is 83.6 Å². The number of carbonyl (C=O) groups excluding carboxylic acids is 2. The Hall–Kier alpha value is -3.81. The van der Waals surface area contributed by atoms with E-state index in [1.165, 1.54) is 24.5 Å². The van der Waals surface area contributed by atoms with Crippen LogP contribution in [-0.4, -0.2) is 28.5 Å². The van der Waals surface area contributed by atoms with Crippen molar-refractivity contribution in [2.75, 3.05) is 11.9 Å². The van der Waals surface area contributed by atoms with Crippen molar-refractivity contribution in [2.24, 2.45) is 0 Å². The van der Waals surface area contributed by atoms with Crippen molar-refractivity contribution < 1.29 is 18.7 Å². The van der Waals surface area contributed by atoms with Gasteiger partial charge in [0.1, 0.15) is 23.7 Å². The molecular formula is C21H19FN4O3. The Morgan fingerprint density at radius 2 is 1.83 bits per heavy atom. The molecule has 0 bridgehead atoms. The van der Waals surface area contributed by atoms with Gasteiger partial charge in [-0.25, -0.2) is 19.2 Å². The molecular weight excluding hydrogens is 375 g/mol. The molecule has 0 radical (unpaired) electrons. The maximum absolute atomic E-state index is 13.0. The van der Waals surface area contributed by atoms with Crippen LogP contribution in [0.5, 0.6) is 0 Å². The van der Waals surface area contributed by atoms with Crippen LogP contribution in [0.1, 0.15) is 33.3 Å². The Bertz CT molecular complexity index is 1010. The first-order valence-electron chi connectivity index (χ1n) is 8.94. The van der Waals surface area contributed by atoms with Crippen LogP contribution in [-0.2, 0) is 11.3 Å². The standard InChI is InChI=1S/C21H19FN4O3/c1-2-29-21(28)16-5-3-4-6-17(16)26-19-11-18(24-13-25-19)20(27)23-12-14-7-9-15(22)10-8-14/h3-11,13H,2,12H2,1H3,(H,23,27)(H,24,25,26). The summed E-state index contributed by atoms with van der Waals surface area (Å²) in [7, 11) is 0. The van der Waals surface area contributed by atoms with Crippen molar-refractivity contribution in [3.63, 3.8) is 0 Å². The monoisotopic (exact) mass is 394 g/mol. The molecule has 1 aromatic heterocycles. The molecule has 1 heterocycles. The third-order valence-corrected chi connectivity index (χ3v) is 3.95. The van der Waals surface area contributed by atoms with Crippen molar-refractivity contribution in [2.45, 2.75) is 13.5 Å². The molecule has 0 fully saturated rings. The second kappa shape index (κ2) is 9.41. The average molecular weight is 394 g/mol. The summed E-state index contributed by atoms with van der Waals surface area (Å²) in [5.74, 6) is -0.848. The number of carbonyl (C=O) groups is 2. The largest absolute Gasteiger partial charge is 0.462 e. The van der Waals surface area contributed by atoms with Crippen LogP contribution < -0.4 is 10.6 Å². The molecule has 0 aliphatic rings. The lowest BCUT2D eigenvalue weighted by Gasteiger charge is -2.11. The number of aromatic nitrogens is 2. The minimum Gasteiger partial charge on any atom is -0.462 e. The molecule has 0 saturated heterocycles. The lowest BCUT2D eigenvalue weighted by molar-refractivity contribution is 0.0527. The Morgan fingerprint density at radius 3 is 2.59 bits per heavy atom. The van der Waals surface area contributed by atoms with Crippen LogP contribution in [0.15, 0.2) is 60.9 Å². The van der Waals surface area contributed by atoms with Gasteiger partial charge in [0, 0.05) is 12.6 Å². The molecule has 0 spiro atoms. The average Bonchev–Trinajstić information content (AvgIpc) is 2.74. The van der Waals surface area contributed by atoms with Crippen LogP contribution in [0, 0.1) is 5.82 Å². The number of para-hydroxylation sites is 1. The van der Waals surface area contributed by atoms with E-state index in [1.54, 1.807) is 43.3 Å². The molecule has 3 rings (SSSR count). The number of nitrogens with zero attached hydrogens (tertiary/aromatic N) is 2. The number of hydrogen-bond donors (Lipinski definition) is 2. The van der Waals surface area contributed by atoms with E-state index < -0.39 is 11.9 Å². The number of anilines is 2. The summed E-state index contributed by atoms with van der Waals surface area (Å²) in [6.45, 7) is 2.23. The second-order valence-electron chi connectivity index (χ2n) is 5.99. The number of halogens is 1. The van der Waals surface area contributed by atoms with E-state index in [2.05, 4.69) is 20.6 Å². The molecule has 0 unspecified atom stereocenters. The molecule has 148 valence electrons. The zero-order valence-corrected chi connectivity index (χ0v) is 15.7. The van der Waals surface area contributed by atoms with E-state index in [0.717, 1.165) is 5.56 Å². The molecule has 0 saturated carbocycles. The van der Waals surface area contributed by atoms with Crippen LogP contribution in [0.2, 0.25) is 0 Å². The number of rotatable bonds is 7. The van der Waals surface area contributed by atoms with Gasteiger partial charge >= 0.3 is 5.97 Å². The smallest absolute Gasteiger partial charge is 0.340 e. The Kier molecular flexibility index (Phi) is 6.47. The maximum atomic E-state index is 13.0. The van der Waals surface area contributed by atoms with Crippen molar-refractivity contribution in [1.82, 2.24) is 15.3 Å². The quantitative estimate of drug-likeness (QED) is 0.596. The number of esters is 1. The molecule has 7 nitrogen and oxygen atoms in total. The second-order valence-corrected chi connectivity index (χ2v) is 5.99. The molecule has 3 aromatic rings. The lowest BCUT2D eigenvalue weighted by atomic mass is 10.2. The summed E-state index contributed by atoms with van der Waals surface area (Å²) < 4.78 is 18.0. The minimum atomic E-state index is -0.457. The van der Waals surface area contributed by atoms with Gasteiger partial charge in [0.15, 0.2) is 0 Å². The van der Waals surface area contributed by atoms with Gasteiger partial charge in [0.05, 0.1) is 17.9 Å². The third-order valence-electron chi connectivity index (χ3n) is 3.95. The maximum Gasteiger partial charge on any atom is 0.340 e. The van der Waals surface area contributed by atoms with E-state index in [4.69, 9.17) is 4.74 Å². The van der Waals surface area contributed by atoms with Crippen molar-refractivity contribution in [1.29, 1.82) is 0 Å². The summed E-state index contributed by atoms with van der Waals surface area (Å²) in [5, 5.41) is 5.73. The fourth-order valence-corrected chi connectivity index (χ4v) is 2.54. The molecule has 29 heavy (non-hydrogen) atoms. The fourth-order valence-electron chi connectivity index (χ4n) is 2.54. The molecule has 2 aromatic carbocycles. The number of nitrogens with one attached hydrogen (secondary N) is 2. The van der Waals surface area contributed by atoms with Gasteiger partial charge in [-0.1, -0.05) is 24.3 Å². The summed E-state index contributed by atoms with van der Waals surface area (Å²) in [6.07, 6.45) is 1.25. The van der Waals surface area contributed by atoms with Gasteiger partial charge in [0.25, 0.3) is 5.91 Å². The topological polar surface area (TPSA) is 93.2 Å². The molecule has 0 aliphatic heterocycles. The zero-order valence-electron chi connectivity index (χ0n) is 15.7. The Balaban J connectivity index is 1.70. The van der Waals surface area contributed by atoms with Gasteiger partial charge in [-0.3, -0.25) is 4.79 Å². The van der Waals surface area contributed by atoms with Gasteiger partial charge in [-0.05, 0) is 36.8 Å². The molecule has 1 amide bonds. The van der Waals surface area contributed by atoms with Gasteiger partial charge in [0.2, 0.25) is 0 Å². The van der Waals surface area contributed by atoms with Crippen LogP contribution in [0.25, 0.3) is 0 Å². The number of hydrogen-bond acceptors (Lipinski definition) is 6. The molecule has 0 aliphatic carbocycles. The number of ether oxygens (including phenoxy) is 1. The molecule has 2 N–H and O–H groups in total. The first-order valence-corrected chi connectivity index (χ1v) is 8.94. The first-order chi connectivity index (χ1) is 14.1. The SMILES string of the molecule is CCOC(=O)c1ccccc1Nc1cc(C(=O)NCc2ccc(F)cc2)ncn1. The van der Waals surface area contributed by atoms with Crippen LogP contribution >= 0.6 is 0 Å².